The molecule has 0 saturated carbocycles. The molecule has 254 valence electrons. The zero-order valence-corrected chi connectivity index (χ0v) is 30.0. The van der Waals surface area contributed by atoms with Gasteiger partial charge in [0.1, 0.15) is 8.42 Å². The molecule has 6 rings (SSSR count). The van der Waals surface area contributed by atoms with Crippen molar-refractivity contribution in [3.8, 4) is 11.1 Å². The van der Waals surface area contributed by atoms with Crippen molar-refractivity contribution in [2.24, 2.45) is 11.8 Å². The Kier molecular flexibility index (Phi) is 10.2. The van der Waals surface area contributed by atoms with E-state index in [-0.39, 0.29) is 23.7 Å². The number of piperidine rings is 2. The van der Waals surface area contributed by atoms with Crippen LogP contribution in [0.25, 0.3) is 11.1 Å². The van der Waals surface area contributed by atoms with E-state index in [1.807, 2.05) is 50.2 Å². The van der Waals surface area contributed by atoms with Gasteiger partial charge in [0.05, 0.1) is 0 Å². The fourth-order valence-electron chi connectivity index (χ4n) is 6.23. The Morgan fingerprint density at radius 3 is 1.31 bits per heavy atom. The molecule has 0 radical (unpaired) electrons. The van der Waals surface area contributed by atoms with Gasteiger partial charge in [0.2, 0.25) is 11.8 Å². The second-order valence-corrected chi connectivity index (χ2v) is 18.5. The number of aryl methyl sites for hydroxylation is 2. The summed E-state index contributed by atoms with van der Waals surface area (Å²) in [5.41, 5.74) is 5.18. The maximum atomic E-state index is 13.1. The molecule has 0 atom stereocenters. The molecule has 10 nitrogen and oxygen atoms in total. The Labute approximate surface area is 289 Å². The van der Waals surface area contributed by atoms with Gasteiger partial charge in [-0.1, -0.05) is 24.3 Å². The molecule has 2 aromatic heterocycles. The van der Waals surface area contributed by atoms with Gasteiger partial charge >= 0.3 is 0 Å². The number of carbonyl (C=O) groups excluding carboxylic acids is 2. The monoisotopic (exact) mass is 726 g/mol. The van der Waals surface area contributed by atoms with Crippen LogP contribution < -0.4 is 10.6 Å². The summed E-state index contributed by atoms with van der Waals surface area (Å²) in [4.78, 5) is 26.2. The number of nitrogens with zero attached hydrogens (tertiary/aromatic N) is 2. The molecule has 2 aliphatic heterocycles. The van der Waals surface area contributed by atoms with Crippen molar-refractivity contribution >= 4 is 65.9 Å². The van der Waals surface area contributed by atoms with Crippen LogP contribution in [-0.2, 0) is 29.6 Å². The van der Waals surface area contributed by atoms with E-state index >= 15 is 0 Å². The lowest BCUT2D eigenvalue weighted by Gasteiger charge is -2.30. The number of rotatable bonds is 9. The predicted molar refractivity (Wildman–Crippen MR) is 190 cm³/mol. The molecule has 2 aromatic carbocycles. The fraction of sp³-hybridized carbons (Fsp3) is 0.353. The summed E-state index contributed by atoms with van der Waals surface area (Å²) >= 11 is 2.40. The van der Waals surface area contributed by atoms with Gasteiger partial charge in [-0.25, -0.2) is 16.8 Å². The largest absolute Gasteiger partial charge is 0.326 e. The molecule has 0 aliphatic carbocycles. The van der Waals surface area contributed by atoms with Gasteiger partial charge in [-0.2, -0.15) is 8.61 Å². The normalized spacial score (nSPS) is 17.3. The van der Waals surface area contributed by atoms with Crippen LogP contribution >= 0.6 is 22.7 Å². The number of thiophene rings is 2. The standard InChI is InChI=1S/C34H38N4O6S4/c1-23-21-27(7-9-29(23)35-33(39)25-11-15-37(16-12-25)47(41,42)31-5-3-19-45-31)28-8-10-30(24(2)22-28)36-34(40)26-13-17-38(18-14-26)48(43,44)32-6-4-20-46-32/h3-10,19-22,25-26H,11-18H2,1-2H3,(H,35,39)(H,36,40). The van der Waals surface area contributed by atoms with Gasteiger partial charge < -0.3 is 10.6 Å². The topological polar surface area (TPSA) is 133 Å². The number of nitrogens with one attached hydrogen (secondary N) is 2. The van der Waals surface area contributed by atoms with E-state index in [0.29, 0.717) is 71.7 Å². The molecule has 2 fully saturated rings. The summed E-state index contributed by atoms with van der Waals surface area (Å²) in [6.07, 6.45) is 1.86. The van der Waals surface area contributed by atoms with Crippen LogP contribution in [0, 0.1) is 25.7 Å². The quantitative estimate of drug-likeness (QED) is 0.212. The van der Waals surface area contributed by atoms with Crippen molar-refractivity contribution < 1.29 is 26.4 Å². The minimum Gasteiger partial charge on any atom is -0.326 e. The Balaban J connectivity index is 1.02. The van der Waals surface area contributed by atoms with Gasteiger partial charge in [0.25, 0.3) is 20.0 Å². The summed E-state index contributed by atoms with van der Waals surface area (Å²) in [5, 5.41) is 9.58. The van der Waals surface area contributed by atoms with E-state index in [1.54, 1.807) is 35.0 Å². The number of sulfonamides is 2. The predicted octanol–water partition coefficient (Wildman–Crippen LogP) is 6.17. The lowest BCUT2D eigenvalue weighted by molar-refractivity contribution is -0.121. The number of benzene rings is 2. The summed E-state index contributed by atoms with van der Waals surface area (Å²) in [6, 6.07) is 18.3. The lowest BCUT2D eigenvalue weighted by atomic mass is 9.96. The van der Waals surface area contributed by atoms with E-state index in [4.69, 9.17) is 0 Å². The first-order valence-electron chi connectivity index (χ1n) is 15.8. The Morgan fingerprint density at radius 1 is 0.625 bits per heavy atom. The second-order valence-electron chi connectivity index (χ2n) is 12.3. The Bertz CT molecular complexity index is 1850. The molecule has 2 saturated heterocycles. The van der Waals surface area contributed by atoms with E-state index in [1.165, 1.54) is 31.3 Å². The van der Waals surface area contributed by atoms with Crippen LogP contribution in [-0.4, -0.2) is 63.4 Å². The average Bonchev–Trinajstić information content (AvgIpc) is 3.83. The van der Waals surface area contributed by atoms with Crippen molar-refractivity contribution in [1.29, 1.82) is 0 Å². The molecular formula is C34H38N4O6S4. The van der Waals surface area contributed by atoms with Crippen LogP contribution in [0.5, 0.6) is 0 Å². The second kappa shape index (κ2) is 14.2. The highest BCUT2D eigenvalue weighted by Gasteiger charge is 2.34. The van der Waals surface area contributed by atoms with Gasteiger partial charge in [0, 0.05) is 49.4 Å². The zero-order valence-electron chi connectivity index (χ0n) is 26.7. The van der Waals surface area contributed by atoms with Crippen LogP contribution in [0.15, 0.2) is 79.8 Å². The summed E-state index contributed by atoms with van der Waals surface area (Å²) in [5.74, 6) is -0.748. The van der Waals surface area contributed by atoms with Crippen molar-refractivity contribution in [2.75, 3.05) is 36.8 Å². The van der Waals surface area contributed by atoms with Crippen molar-refractivity contribution in [3.05, 3.63) is 82.6 Å². The molecular weight excluding hydrogens is 689 g/mol. The van der Waals surface area contributed by atoms with E-state index in [0.717, 1.165) is 22.3 Å². The fourth-order valence-corrected chi connectivity index (χ4v) is 11.5. The first-order valence-corrected chi connectivity index (χ1v) is 20.5. The molecule has 4 heterocycles. The molecule has 14 heteroatoms. The van der Waals surface area contributed by atoms with E-state index < -0.39 is 20.0 Å². The Morgan fingerprint density at radius 2 is 1.00 bits per heavy atom. The smallest absolute Gasteiger partial charge is 0.252 e. The summed E-state index contributed by atoms with van der Waals surface area (Å²) in [6.45, 7) is 5.12. The van der Waals surface area contributed by atoms with Crippen LogP contribution in [0.1, 0.15) is 36.8 Å². The molecule has 0 bridgehead atoms. The van der Waals surface area contributed by atoms with Crippen LogP contribution in [0.4, 0.5) is 11.4 Å². The third kappa shape index (κ3) is 7.28. The third-order valence-corrected chi connectivity index (χ3v) is 15.7. The maximum Gasteiger partial charge on any atom is 0.252 e. The maximum absolute atomic E-state index is 13.1. The van der Waals surface area contributed by atoms with Gasteiger partial charge in [-0.15, -0.1) is 22.7 Å². The van der Waals surface area contributed by atoms with Crippen LogP contribution in [0.2, 0.25) is 0 Å². The van der Waals surface area contributed by atoms with Gasteiger partial charge in [-0.3, -0.25) is 9.59 Å². The highest BCUT2D eigenvalue weighted by Crippen LogP contribution is 2.32. The van der Waals surface area contributed by atoms with E-state index in [2.05, 4.69) is 10.6 Å². The first-order chi connectivity index (χ1) is 22.9. The lowest BCUT2D eigenvalue weighted by Crippen LogP contribution is -2.41. The van der Waals surface area contributed by atoms with Gasteiger partial charge in [-0.05, 0) is 109 Å². The third-order valence-electron chi connectivity index (χ3n) is 9.13. The molecule has 2 N–H and O–H groups in total. The molecule has 0 unspecified atom stereocenters. The van der Waals surface area contributed by atoms with Crippen LogP contribution in [0.3, 0.4) is 0 Å². The molecule has 0 spiro atoms. The molecule has 2 aliphatic rings. The number of amides is 2. The molecule has 48 heavy (non-hydrogen) atoms. The van der Waals surface area contributed by atoms with Crippen molar-refractivity contribution in [2.45, 2.75) is 47.9 Å². The number of hydrogen-bond donors (Lipinski definition) is 2. The molecule has 4 aromatic rings. The average molecular weight is 727 g/mol. The number of hydrogen-bond acceptors (Lipinski definition) is 8. The molecule has 2 amide bonds. The highest BCUT2D eigenvalue weighted by molar-refractivity contribution is 7.91. The Hall–Kier alpha value is -3.40. The minimum atomic E-state index is -3.51. The SMILES string of the molecule is Cc1cc(-c2ccc(NC(=O)C3CCN(S(=O)(=O)c4cccs4)CC3)c(C)c2)ccc1NC(=O)C1CCN(S(=O)(=O)c2cccs2)CC1. The number of anilines is 2. The highest BCUT2D eigenvalue weighted by atomic mass is 32.3. The summed E-state index contributed by atoms with van der Waals surface area (Å²) in [7, 11) is -7.03. The minimum absolute atomic E-state index is 0.107. The van der Waals surface area contributed by atoms with Crippen molar-refractivity contribution in [3.63, 3.8) is 0 Å². The zero-order chi connectivity index (χ0) is 34.1. The number of carbonyl (C=O) groups is 2. The first kappa shape index (κ1) is 34.5. The van der Waals surface area contributed by atoms with Gasteiger partial charge in [0.15, 0.2) is 0 Å². The van der Waals surface area contributed by atoms with E-state index in [9.17, 15) is 26.4 Å². The van der Waals surface area contributed by atoms with Crippen molar-refractivity contribution in [1.82, 2.24) is 8.61 Å². The summed E-state index contributed by atoms with van der Waals surface area (Å²) < 4.78 is 54.9.